The summed E-state index contributed by atoms with van der Waals surface area (Å²) in [5.41, 5.74) is 4.18. The number of para-hydroxylation sites is 2. The summed E-state index contributed by atoms with van der Waals surface area (Å²) in [5.74, 6) is 1.29. The van der Waals surface area contributed by atoms with Crippen molar-refractivity contribution in [3.05, 3.63) is 89.5 Å². The van der Waals surface area contributed by atoms with Crippen molar-refractivity contribution in [3.63, 3.8) is 0 Å². The van der Waals surface area contributed by atoms with E-state index in [-0.39, 0.29) is 5.91 Å². The van der Waals surface area contributed by atoms with Crippen LogP contribution in [0.3, 0.4) is 0 Å². The zero-order valence-electron chi connectivity index (χ0n) is 16.6. The highest BCUT2D eigenvalue weighted by molar-refractivity contribution is 7.98. The van der Waals surface area contributed by atoms with Crippen LogP contribution in [0.1, 0.15) is 28.4 Å². The number of benzene rings is 3. The van der Waals surface area contributed by atoms with Crippen molar-refractivity contribution >= 4 is 28.8 Å². The van der Waals surface area contributed by atoms with E-state index in [1.807, 2.05) is 79.7 Å². The number of fused-ring (bicyclic) bond motifs is 1. The number of hydrogen-bond acceptors (Lipinski definition) is 5. The SMILES string of the molecule is CCOc1cccc(CNC(=O)c2ccccc2CSc2nc3ccccc3o2)c1. The second-order valence-corrected chi connectivity index (χ2v) is 7.58. The van der Waals surface area contributed by atoms with E-state index in [2.05, 4.69) is 10.3 Å². The predicted molar refractivity (Wildman–Crippen MR) is 119 cm³/mol. The normalized spacial score (nSPS) is 10.8. The molecule has 0 saturated carbocycles. The van der Waals surface area contributed by atoms with Crippen LogP contribution in [0.25, 0.3) is 11.1 Å². The van der Waals surface area contributed by atoms with Crippen molar-refractivity contribution in [1.82, 2.24) is 10.3 Å². The molecule has 1 heterocycles. The molecule has 0 fully saturated rings. The van der Waals surface area contributed by atoms with Crippen molar-refractivity contribution in [2.24, 2.45) is 0 Å². The topological polar surface area (TPSA) is 64.4 Å². The van der Waals surface area contributed by atoms with Crippen molar-refractivity contribution in [2.45, 2.75) is 24.4 Å². The Labute approximate surface area is 179 Å². The third-order valence-electron chi connectivity index (χ3n) is 4.55. The van der Waals surface area contributed by atoms with Gasteiger partial charge >= 0.3 is 0 Å². The molecule has 0 aliphatic carbocycles. The molecule has 0 unspecified atom stereocenters. The summed E-state index contributed by atoms with van der Waals surface area (Å²) >= 11 is 1.48. The first-order valence-corrected chi connectivity index (χ1v) is 10.8. The lowest BCUT2D eigenvalue weighted by molar-refractivity contribution is 0.0950. The number of nitrogens with one attached hydrogen (secondary N) is 1. The molecule has 6 heteroatoms. The average Bonchev–Trinajstić information content (AvgIpc) is 3.20. The van der Waals surface area contributed by atoms with Gasteiger partial charge in [-0.2, -0.15) is 0 Å². The predicted octanol–water partition coefficient (Wildman–Crippen LogP) is 5.45. The fourth-order valence-electron chi connectivity index (χ4n) is 3.11. The molecule has 152 valence electrons. The molecule has 0 aliphatic rings. The quantitative estimate of drug-likeness (QED) is 0.386. The minimum atomic E-state index is -0.106. The molecule has 0 aliphatic heterocycles. The third-order valence-corrected chi connectivity index (χ3v) is 5.43. The number of oxazole rings is 1. The van der Waals surface area contributed by atoms with E-state index >= 15 is 0 Å². The third kappa shape index (κ3) is 4.83. The molecule has 0 atom stereocenters. The van der Waals surface area contributed by atoms with E-state index in [4.69, 9.17) is 9.15 Å². The van der Waals surface area contributed by atoms with Crippen molar-refractivity contribution in [1.29, 1.82) is 0 Å². The van der Waals surface area contributed by atoms with Crippen LogP contribution in [0.2, 0.25) is 0 Å². The van der Waals surface area contributed by atoms with E-state index in [1.165, 1.54) is 11.8 Å². The zero-order chi connectivity index (χ0) is 20.8. The Morgan fingerprint density at radius 1 is 1.07 bits per heavy atom. The summed E-state index contributed by atoms with van der Waals surface area (Å²) in [6.07, 6.45) is 0. The second kappa shape index (κ2) is 9.50. The van der Waals surface area contributed by atoms with Crippen LogP contribution in [0.15, 0.2) is 82.4 Å². The number of ether oxygens (including phenoxy) is 1. The molecule has 3 aromatic carbocycles. The molecule has 4 rings (SSSR count). The van der Waals surface area contributed by atoms with Gasteiger partial charge in [0.25, 0.3) is 11.1 Å². The van der Waals surface area contributed by atoms with Crippen LogP contribution in [0.5, 0.6) is 5.75 Å². The highest BCUT2D eigenvalue weighted by Crippen LogP contribution is 2.27. The van der Waals surface area contributed by atoms with Gasteiger partial charge in [0.05, 0.1) is 6.61 Å². The van der Waals surface area contributed by atoms with E-state index in [0.717, 1.165) is 28.0 Å². The van der Waals surface area contributed by atoms with Gasteiger partial charge in [-0.05, 0) is 48.4 Å². The van der Waals surface area contributed by atoms with Gasteiger partial charge in [-0.15, -0.1) is 0 Å². The first-order valence-electron chi connectivity index (χ1n) is 9.79. The molecular formula is C24H22N2O3S. The summed E-state index contributed by atoms with van der Waals surface area (Å²) < 4.78 is 11.3. The number of rotatable bonds is 8. The van der Waals surface area contributed by atoms with Gasteiger partial charge in [-0.3, -0.25) is 4.79 Å². The fourth-order valence-corrected chi connectivity index (χ4v) is 3.95. The van der Waals surface area contributed by atoms with Crippen LogP contribution in [-0.4, -0.2) is 17.5 Å². The van der Waals surface area contributed by atoms with Gasteiger partial charge in [0.15, 0.2) is 5.58 Å². The lowest BCUT2D eigenvalue weighted by Gasteiger charge is -2.10. The number of nitrogens with zero attached hydrogens (tertiary/aromatic N) is 1. The molecule has 0 bridgehead atoms. The molecule has 1 N–H and O–H groups in total. The zero-order valence-corrected chi connectivity index (χ0v) is 17.4. The average molecular weight is 419 g/mol. The summed E-state index contributed by atoms with van der Waals surface area (Å²) in [6.45, 7) is 3.00. The highest BCUT2D eigenvalue weighted by Gasteiger charge is 2.13. The van der Waals surface area contributed by atoms with Crippen LogP contribution < -0.4 is 10.1 Å². The summed E-state index contributed by atoms with van der Waals surface area (Å²) in [7, 11) is 0. The Morgan fingerprint density at radius 2 is 1.90 bits per heavy atom. The van der Waals surface area contributed by atoms with Gasteiger partial charge in [0.1, 0.15) is 11.3 Å². The second-order valence-electron chi connectivity index (χ2n) is 6.66. The van der Waals surface area contributed by atoms with Crippen LogP contribution in [0, 0.1) is 0 Å². The molecule has 1 amide bonds. The Bertz CT molecular complexity index is 1120. The highest BCUT2D eigenvalue weighted by atomic mass is 32.2. The first kappa shape index (κ1) is 20.0. The standard InChI is InChI=1S/C24H22N2O3S/c1-2-28-19-10-7-8-17(14-19)15-25-23(27)20-11-4-3-9-18(20)16-30-24-26-21-12-5-6-13-22(21)29-24/h3-14H,2,15-16H2,1H3,(H,25,27). The van der Waals surface area contributed by atoms with Gasteiger partial charge in [0, 0.05) is 17.9 Å². The fraction of sp³-hybridized carbons (Fsp3) is 0.167. The van der Waals surface area contributed by atoms with Crippen molar-refractivity contribution < 1.29 is 13.9 Å². The van der Waals surface area contributed by atoms with Gasteiger partial charge < -0.3 is 14.5 Å². The minimum Gasteiger partial charge on any atom is -0.494 e. The maximum atomic E-state index is 12.8. The van der Waals surface area contributed by atoms with Gasteiger partial charge in [-0.1, -0.05) is 54.2 Å². The maximum Gasteiger partial charge on any atom is 0.257 e. The van der Waals surface area contributed by atoms with Gasteiger partial charge in [-0.25, -0.2) is 4.98 Å². The molecule has 0 spiro atoms. The molecule has 1 aromatic heterocycles. The number of aromatic nitrogens is 1. The Morgan fingerprint density at radius 3 is 2.77 bits per heavy atom. The van der Waals surface area contributed by atoms with E-state index in [9.17, 15) is 4.79 Å². The van der Waals surface area contributed by atoms with Crippen molar-refractivity contribution in [2.75, 3.05) is 6.61 Å². The lowest BCUT2D eigenvalue weighted by atomic mass is 10.1. The number of carbonyl (C=O) groups is 1. The number of carbonyl (C=O) groups excluding carboxylic acids is 1. The smallest absolute Gasteiger partial charge is 0.257 e. The Kier molecular flexibility index (Phi) is 6.35. The number of thioether (sulfide) groups is 1. The summed E-state index contributed by atoms with van der Waals surface area (Å²) in [6, 6.07) is 23.0. The summed E-state index contributed by atoms with van der Waals surface area (Å²) in [5, 5.41) is 3.60. The molecule has 0 radical (unpaired) electrons. The molecular weight excluding hydrogens is 396 g/mol. The van der Waals surface area contributed by atoms with E-state index in [0.29, 0.717) is 29.7 Å². The van der Waals surface area contributed by atoms with Crippen LogP contribution >= 0.6 is 11.8 Å². The lowest BCUT2D eigenvalue weighted by Crippen LogP contribution is -2.23. The van der Waals surface area contributed by atoms with Crippen LogP contribution in [-0.2, 0) is 12.3 Å². The Hall–Kier alpha value is -3.25. The number of amides is 1. The van der Waals surface area contributed by atoms with Gasteiger partial charge in [0.2, 0.25) is 0 Å². The monoisotopic (exact) mass is 418 g/mol. The summed E-state index contributed by atoms with van der Waals surface area (Å²) in [4.78, 5) is 17.3. The largest absolute Gasteiger partial charge is 0.494 e. The maximum absolute atomic E-state index is 12.8. The first-order chi connectivity index (χ1) is 14.7. The molecule has 30 heavy (non-hydrogen) atoms. The molecule has 5 nitrogen and oxygen atoms in total. The molecule has 0 saturated heterocycles. The van der Waals surface area contributed by atoms with Crippen molar-refractivity contribution in [3.8, 4) is 5.75 Å². The van der Waals surface area contributed by atoms with Crippen LogP contribution in [0.4, 0.5) is 0 Å². The van der Waals surface area contributed by atoms with E-state index in [1.54, 1.807) is 0 Å². The molecule has 4 aromatic rings. The Balaban J connectivity index is 1.41. The number of hydrogen-bond donors (Lipinski definition) is 1. The minimum absolute atomic E-state index is 0.106. The van der Waals surface area contributed by atoms with E-state index < -0.39 is 0 Å².